The van der Waals surface area contributed by atoms with Crippen LogP contribution in [0.1, 0.15) is 16.8 Å². The first-order chi connectivity index (χ1) is 9.67. The Kier molecular flexibility index (Phi) is 3.02. The minimum atomic E-state index is -4.67. The van der Waals surface area contributed by atoms with Crippen molar-refractivity contribution in [3.8, 4) is 5.69 Å². The second kappa shape index (κ2) is 4.43. The molecule has 2 aromatic rings. The molecule has 0 saturated carbocycles. The highest BCUT2D eigenvalue weighted by molar-refractivity contribution is 6.29. The fourth-order valence-electron chi connectivity index (χ4n) is 2.53. The molecular weight excluding hydrogens is 315 g/mol. The van der Waals surface area contributed by atoms with E-state index >= 15 is 0 Å². The van der Waals surface area contributed by atoms with Crippen LogP contribution in [-0.2, 0) is 19.0 Å². The number of rotatable bonds is 1. The van der Waals surface area contributed by atoms with Gasteiger partial charge in [-0.1, -0.05) is 11.6 Å². The molecule has 1 aliphatic rings. The average Bonchev–Trinajstić information content (AvgIpc) is 2.82. The summed E-state index contributed by atoms with van der Waals surface area (Å²) < 4.78 is 67.1. The van der Waals surface area contributed by atoms with Crippen LogP contribution in [0.4, 0.5) is 22.0 Å². The van der Waals surface area contributed by atoms with E-state index in [1.54, 1.807) is 0 Å². The summed E-state index contributed by atoms with van der Waals surface area (Å²) >= 11 is 5.62. The topological polar surface area (TPSA) is 17.8 Å². The summed E-state index contributed by atoms with van der Waals surface area (Å²) in [5, 5.41) is 0.170. The van der Waals surface area contributed by atoms with E-state index < -0.39 is 30.5 Å². The van der Waals surface area contributed by atoms with Gasteiger partial charge in [0.05, 0.1) is 23.9 Å². The Morgan fingerprint density at radius 1 is 1.19 bits per heavy atom. The highest BCUT2D eigenvalue weighted by Crippen LogP contribution is 2.44. The van der Waals surface area contributed by atoms with Crippen molar-refractivity contribution in [2.45, 2.75) is 24.9 Å². The third-order valence-corrected chi connectivity index (χ3v) is 3.60. The van der Waals surface area contributed by atoms with Gasteiger partial charge in [0.2, 0.25) is 0 Å². The van der Waals surface area contributed by atoms with E-state index in [2.05, 4.69) is 4.98 Å². The number of fused-ring (bicyclic) bond motifs is 1. The van der Waals surface area contributed by atoms with Crippen LogP contribution in [0.3, 0.4) is 0 Å². The fourth-order valence-corrected chi connectivity index (χ4v) is 2.64. The number of nitrogens with zero attached hydrogens (tertiary/aromatic N) is 2. The first-order valence-corrected chi connectivity index (χ1v) is 6.35. The normalized spacial score (nSPS) is 17.0. The average molecular weight is 323 g/mol. The molecule has 112 valence electrons. The van der Waals surface area contributed by atoms with E-state index in [0.29, 0.717) is 0 Å². The maximum atomic E-state index is 13.5. The van der Waals surface area contributed by atoms with Gasteiger partial charge >= 0.3 is 6.18 Å². The molecule has 1 aliphatic carbocycles. The van der Waals surface area contributed by atoms with Gasteiger partial charge in [-0.15, -0.1) is 0 Å². The fraction of sp³-hybridized carbons (Fsp3) is 0.308. The van der Waals surface area contributed by atoms with Crippen LogP contribution in [0.25, 0.3) is 5.69 Å². The maximum Gasteiger partial charge on any atom is 0.418 e. The number of hydrogen-bond acceptors (Lipinski definition) is 1. The molecule has 0 radical (unpaired) electrons. The van der Waals surface area contributed by atoms with Crippen molar-refractivity contribution in [2.24, 2.45) is 0 Å². The zero-order valence-electron chi connectivity index (χ0n) is 10.4. The van der Waals surface area contributed by atoms with Gasteiger partial charge in [-0.2, -0.15) is 13.2 Å². The Hall–Kier alpha value is -1.63. The summed E-state index contributed by atoms with van der Waals surface area (Å²) in [5.41, 5.74) is -1.13. The zero-order valence-corrected chi connectivity index (χ0v) is 11.1. The van der Waals surface area contributed by atoms with Crippen LogP contribution in [0.2, 0.25) is 5.15 Å². The van der Waals surface area contributed by atoms with Crippen LogP contribution in [0.15, 0.2) is 24.5 Å². The number of pyridine rings is 1. The molecule has 3 rings (SSSR count). The highest BCUT2D eigenvalue weighted by Gasteiger charge is 2.46. The maximum absolute atomic E-state index is 13.5. The number of hydrogen-bond donors (Lipinski definition) is 0. The second-order valence-electron chi connectivity index (χ2n) is 4.88. The largest absolute Gasteiger partial charge is 0.418 e. The molecule has 0 unspecified atom stereocenters. The first-order valence-electron chi connectivity index (χ1n) is 5.97. The standard InChI is InChI=1S/C13H8ClF5N2/c14-11-2-1-7(5-20-11)21-6-9(13(17,18)19)8-3-12(15,16)4-10(8)21/h1-2,5-6H,3-4H2. The molecule has 2 heterocycles. The van der Waals surface area contributed by atoms with E-state index in [0.717, 1.165) is 10.8 Å². The van der Waals surface area contributed by atoms with Gasteiger partial charge in [-0.25, -0.2) is 13.8 Å². The molecule has 0 N–H and O–H groups in total. The molecule has 0 spiro atoms. The monoisotopic (exact) mass is 322 g/mol. The van der Waals surface area contributed by atoms with Crippen LogP contribution < -0.4 is 0 Å². The third-order valence-electron chi connectivity index (χ3n) is 3.38. The van der Waals surface area contributed by atoms with E-state index in [9.17, 15) is 22.0 Å². The quantitative estimate of drug-likeness (QED) is 0.566. The summed E-state index contributed by atoms with van der Waals surface area (Å²) in [6.07, 6.45) is -4.20. The van der Waals surface area contributed by atoms with Gasteiger partial charge in [0, 0.05) is 18.3 Å². The molecule has 2 nitrogen and oxygen atoms in total. The molecule has 0 aromatic carbocycles. The number of halogens is 6. The third kappa shape index (κ3) is 2.50. The highest BCUT2D eigenvalue weighted by atomic mass is 35.5. The van der Waals surface area contributed by atoms with E-state index in [1.807, 2.05) is 0 Å². The molecule has 0 fully saturated rings. The molecule has 0 aliphatic heterocycles. The van der Waals surface area contributed by atoms with Gasteiger partial charge in [0.15, 0.2) is 0 Å². The summed E-state index contributed by atoms with van der Waals surface area (Å²) in [5.74, 6) is -3.16. The zero-order chi connectivity index (χ0) is 15.4. The minimum Gasteiger partial charge on any atom is -0.318 e. The summed E-state index contributed by atoms with van der Waals surface area (Å²) in [6.45, 7) is 0. The molecular formula is C13H8ClF5N2. The first kappa shape index (κ1) is 14.3. The Bertz CT molecular complexity index is 688. The van der Waals surface area contributed by atoms with Crippen molar-refractivity contribution in [3.05, 3.63) is 46.5 Å². The predicted octanol–water partition coefficient (Wildman–Crippen LogP) is 4.28. The Balaban J connectivity index is 2.17. The Morgan fingerprint density at radius 3 is 2.48 bits per heavy atom. The van der Waals surface area contributed by atoms with E-state index in [4.69, 9.17) is 11.6 Å². The lowest BCUT2D eigenvalue weighted by atomic mass is 10.1. The molecule has 21 heavy (non-hydrogen) atoms. The molecule has 0 saturated heterocycles. The van der Waals surface area contributed by atoms with Gasteiger partial charge in [0.25, 0.3) is 5.92 Å². The summed E-state index contributed by atoms with van der Waals surface area (Å²) in [6, 6.07) is 2.83. The van der Waals surface area contributed by atoms with Crippen molar-refractivity contribution in [3.63, 3.8) is 0 Å². The summed E-state index contributed by atoms with van der Waals surface area (Å²) in [4.78, 5) is 3.76. The molecule has 0 amide bonds. The molecule has 0 bridgehead atoms. The van der Waals surface area contributed by atoms with Crippen molar-refractivity contribution >= 4 is 11.6 Å². The van der Waals surface area contributed by atoms with Crippen molar-refractivity contribution < 1.29 is 22.0 Å². The van der Waals surface area contributed by atoms with Gasteiger partial charge in [0.1, 0.15) is 5.15 Å². The van der Waals surface area contributed by atoms with E-state index in [-0.39, 0.29) is 22.1 Å². The predicted molar refractivity (Wildman–Crippen MR) is 65.9 cm³/mol. The van der Waals surface area contributed by atoms with Crippen LogP contribution in [-0.4, -0.2) is 15.5 Å². The second-order valence-corrected chi connectivity index (χ2v) is 5.27. The van der Waals surface area contributed by atoms with Gasteiger partial charge < -0.3 is 4.57 Å². The van der Waals surface area contributed by atoms with Crippen molar-refractivity contribution in [1.29, 1.82) is 0 Å². The Labute approximate surface area is 121 Å². The molecule has 2 aromatic heterocycles. The number of alkyl halides is 5. The van der Waals surface area contributed by atoms with Gasteiger partial charge in [-0.05, 0) is 17.7 Å². The Morgan fingerprint density at radius 2 is 1.90 bits per heavy atom. The van der Waals surface area contributed by atoms with Gasteiger partial charge in [-0.3, -0.25) is 0 Å². The lowest BCUT2D eigenvalue weighted by molar-refractivity contribution is -0.138. The lowest BCUT2D eigenvalue weighted by Gasteiger charge is -2.11. The molecule has 0 atom stereocenters. The van der Waals surface area contributed by atoms with Crippen molar-refractivity contribution in [1.82, 2.24) is 9.55 Å². The van der Waals surface area contributed by atoms with Crippen molar-refractivity contribution in [2.75, 3.05) is 0 Å². The minimum absolute atomic E-state index is 0.0311. The van der Waals surface area contributed by atoms with Crippen LogP contribution in [0, 0.1) is 0 Å². The van der Waals surface area contributed by atoms with Crippen LogP contribution >= 0.6 is 11.6 Å². The van der Waals surface area contributed by atoms with Crippen LogP contribution in [0.5, 0.6) is 0 Å². The number of aromatic nitrogens is 2. The lowest BCUT2D eigenvalue weighted by Crippen LogP contribution is -2.18. The molecule has 8 heteroatoms. The van der Waals surface area contributed by atoms with E-state index in [1.165, 1.54) is 18.3 Å². The smallest absolute Gasteiger partial charge is 0.318 e. The summed E-state index contributed by atoms with van der Waals surface area (Å²) in [7, 11) is 0. The SMILES string of the molecule is FC1(F)Cc2c(C(F)(F)F)cn(-c3ccc(Cl)nc3)c2C1.